The number of sulfonamides is 1. The van der Waals surface area contributed by atoms with Gasteiger partial charge in [0.25, 0.3) is 5.56 Å². The fourth-order valence-electron chi connectivity index (χ4n) is 4.12. The molecule has 0 spiro atoms. The third-order valence-electron chi connectivity index (χ3n) is 5.53. The highest BCUT2D eigenvalue weighted by Crippen LogP contribution is 2.33. The third-order valence-corrected chi connectivity index (χ3v) is 8.09. The van der Waals surface area contributed by atoms with Gasteiger partial charge in [-0.1, -0.05) is 0 Å². The molecule has 1 aromatic carbocycles. The van der Waals surface area contributed by atoms with Crippen molar-refractivity contribution in [3.8, 4) is 10.6 Å². The highest BCUT2D eigenvalue weighted by atomic mass is 32.2. The number of hydrogen-bond acceptors (Lipinski definition) is 7. The van der Waals surface area contributed by atoms with Gasteiger partial charge in [0.15, 0.2) is 0 Å². The van der Waals surface area contributed by atoms with Crippen LogP contribution in [-0.4, -0.2) is 41.7 Å². The molecule has 0 aliphatic carbocycles. The molecule has 33 heavy (non-hydrogen) atoms. The lowest BCUT2D eigenvalue weighted by Crippen LogP contribution is -2.33. The van der Waals surface area contributed by atoms with Crippen molar-refractivity contribution in [2.45, 2.75) is 51.6 Å². The number of anilines is 1. The molecule has 9 nitrogen and oxygen atoms in total. The molecule has 1 N–H and O–H groups in total. The first kappa shape index (κ1) is 23.3. The second-order valence-corrected chi connectivity index (χ2v) is 11.0. The van der Waals surface area contributed by atoms with Gasteiger partial charge in [0, 0.05) is 31.3 Å². The summed E-state index contributed by atoms with van der Waals surface area (Å²) in [7, 11) is -3.79. The minimum absolute atomic E-state index is 0.00640. The van der Waals surface area contributed by atoms with Crippen molar-refractivity contribution in [3.63, 3.8) is 0 Å². The average Bonchev–Trinajstić information content (AvgIpc) is 3.26. The van der Waals surface area contributed by atoms with Crippen LogP contribution >= 0.6 is 11.3 Å². The van der Waals surface area contributed by atoms with Crippen LogP contribution in [0.15, 0.2) is 40.0 Å². The first-order valence-corrected chi connectivity index (χ1v) is 12.8. The van der Waals surface area contributed by atoms with E-state index in [-0.39, 0.29) is 35.5 Å². The van der Waals surface area contributed by atoms with Crippen molar-refractivity contribution in [1.29, 1.82) is 0 Å². The molecule has 1 unspecified atom stereocenters. The van der Waals surface area contributed by atoms with E-state index in [1.807, 2.05) is 20.8 Å². The number of carbonyl (C=O) groups is 1. The van der Waals surface area contributed by atoms with E-state index in [0.717, 1.165) is 26.8 Å². The van der Waals surface area contributed by atoms with Gasteiger partial charge in [0.2, 0.25) is 15.9 Å². The van der Waals surface area contributed by atoms with E-state index in [1.54, 1.807) is 23.1 Å². The number of thiazole rings is 1. The zero-order valence-electron chi connectivity index (χ0n) is 18.8. The third kappa shape index (κ3) is 4.61. The van der Waals surface area contributed by atoms with Crippen LogP contribution in [0.2, 0.25) is 0 Å². The lowest BCUT2D eigenvalue weighted by Gasteiger charge is -2.20. The molecule has 1 aliphatic heterocycles. The zero-order valence-corrected chi connectivity index (χ0v) is 20.5. The molecule has 0 bridgehead atoms. The standard InChI is InChI=1S/C22H25N5O4S2/c1-13-11-17-12-18(5-7-20(17)27(13)16(4)28)33(30,31)23-9-10-26-21(29)8-6-19(25-26)22-14(2)24-15(3)32-22/h5-8,12-13,23H,9-11H2,1-4H3. The minimum Gasteiger partial charge on any atom is -0.309 e. The van der Waals surface area contributed by atoms with Crippen LogP contribution in [0.5, 0.6) is 0 Å². The molecule has 0 radical (unpaired) electrons. The minimum atomic E-state index is -3.79. The van der Waals surface area contributed by atoms with Crippen molar-refractivity contribution in [3.05, 3.63) is 57.0 Å². The number of rotatable bonds is 6. The van der Waals surface area contributed by atoms with E-state index >= 15 is 0 Å². The number of hydrogen-bond donors (Lipinski definition) is 1. The van der Waals surface area contributed by atoms with Crippen molar-refractivity contribution < 1.29 is 13.2 Å². The maximum absolute atomic E-state index is 12.8. The number of carbonyl (C=O) groups excluding carboxylic acids is 1. The molecule has 0 saturated heterocycles. The summed E-state index contributed by atoms with van der Waals surface area (Å²) < 4.78 is 29.5. The van der Waals surface area contributed by atoms with Gasteiger partial charge in [-0.25, -0.2) is 22.8 Å². The number of nitrogens with one attached hydrogen (secondary N) is 1. The molecule has 4 rings (SSSR count). The van der Waals surface area contributed by atoms with E-state index in [0.29, 0.717) is 12.1 Å². The predicted octanol–water partition coefficient (Wildman–Crippen LogP) is 2.26. The van der Waals surface area contributed by atoms with E-state index in [1.165, 1.54) is 35.1 Å². The van der Waals surface area contributed by atoms with Gasteiger partial charge in [-0.3, -0.25) is 9.59 Å². The van der Waals surface area contributed by atoms with Gasteiger partial charge in [-0.05, 0) is 57.0 Å². The highest BCUT2D eigenvalue weighted by Gasteiger charge is 2.30. The second kappa shape index (κ2) is 8.81. The summed E-state index contributed by atoms with van der Waals surface area (Å²) >= 11 is 1.49. The van der Waals surface area contributed by atoms with E-state index in [2.05, 4.69) is 14.8 Å². The van der Waals surface area contributed by atoms with Crippen LogP contribution in [0.4, 0.5) is 5.69 Å². The fourth-order valence-corrected chi connectivity index (χ4v) is 6.08. The molecule has 0 fully saturated rings. The maximum atomic E-state index is 12.8. The second-order valence-electron chi connectivity index (χ2n) is 8.06. The van der Waals surface area contributed by atoms with Crippen LogP contribution in [0.25, 0.3) is 10.6 Å². The highest BCUT2D eigenvalue weighted by molar-refractivity contribution is 7.89. The van der Waals surface area contributed by atoms with Crippen molar-refractivity contribution >= 4 is 33.0 Å². The Morgan fingerprint density at radius 1 is 1.24 bits per heavy atom. The lowest BCUT2D eigenvalue weighted by atomic mass is 10.1. The SMILES string of the molecule is CC(=O)N1c2ccc(S(=O)(=O)NCCn3nc(-c4sc(C)nc4C)ccc3=O)cc2CC1C. The molecule has 1 aliphatic rings. The Bertz CT molecular complexity index is 1390. The number of fused-ring (bicyclic) bond motifs is 1. The van der Waals surface area contributed by atoms with Crippen LogP contribution < -0.4 is 15.2 Å². The lowest BCUT2D eigenvalue weighted by molar-refractivity contribution is -0.116. The van der Waals surface area contributed by atoms with Crippen LogP contribution in [0, 0.1) is 13.8 Å². The van der Waals surface area contributed by atoms with Gasteiger partial charge in [0.05, 0.1) is 27.0 Å². The van der Waals surface area contributed by atoms with Gasteiger partial charge in [-0.15, -0.1) is 11.3 Å². The Morgan fingerprint density at radius 3 is 2.67 bits per heavy atom. The largest absolute Gasteiger partial charge is 0.309 e. The normalized spacial score (nSPS) is 15.6. The molecule has 11 heteroatoms. The Balaban J connectivity index is 1.49. The summed E-state index contributed by atoms with van der Waals surface area (Å²) in [4.78, 5) is 31.2. The average molecular weight is 488 g/mol. The van der Waals surface area contributed by atoms with E-state index in [4.69, 9.17) is 0 Å². The molecule has 1 amide bonds. The summed E-state index contributed by atoms with van der Waals surface area (Å²) in [6, 6.07) is 7.84. The molecule has 3 aromatic rings. The molecule has 3 heterocycles. The number of aromatic nitrogens is 3. The summed E-state index contributed by atoms with van der Waals surface area (Å²) in [5, 5.41) is 5.30. The Labute approximate surface area is 196 Å². The quantitative estimate of drug-likeness (QED) is 0.570. The number of aryl methyl sites for hydroxylation is 2. The van der Waals surface area contributed by atoms with Crippen molar-refractivity contribution in [2.24, 2.45) is 0 Å². The van der Waals surface area contributed by atoms with Crippen LogP contribution in [-0.2, 0) is 27.8 Å². The molecule has 174 valence electrons. The maximum Gasteiger partial charge on any atom is 0.266 e. The molecular weight excluding hydrogens is 462 g/mol. The predicted molar refractivity (Wildman–Crippen MR) is 127 cm³/mol. The van der Waals surface area contributed by atoms with E-state index in [9.17, 15) is 18.0 Å². The first-order chi connectivity index (χ1) is 15.6. The molecule has 1 atom stereocenters. The van der Waals surface area contributed by atoms with Crippen LogP contribution in [0.1, 0.15) is 30.1 Å². The molecule has 2 aromatic heterocycles. The Kier molecular flexibility index (Phi) is 6.21. The monoisotopic (exact) mass is 487 g/mol. The number of nitrogens with zero attached hydrogens (tertiary/aromatic N) is 4. The Morgan fingerprint density at radius 2 is 2.00 bits per heavy atom. The summed E-state index contributed by atoms with van der Waals surface area (Å²) in [5.74, 6) is -0.0705. The molecule has 0 saturated carbocycles. The van der Waals surface area contributed by atoms with Gasteiger partial charge in [-0.2, -0.15) is 5.10 Å². The summed E-state index contributed by atoms with van der Waals surface area (Å²) in [6.07, 6.45) is 0.598. The van der Waals surface area contributed by atoms with Gasteiger partial charge < -0.3 is 4.90 Å². The smallest absolute Gasteiger partial charge is 0.266 e. The fraction of sp³-hybridized carbons (Fsp3) is 0.364. The zero-order chi connectivity index (χ0) is 23.9. The molecular formula is C22H25N5O4S2. The topological polar surface area (TPSA) is 114 Å². The van der Waals surface area contributed by atoms with Crippen molar-refractivity contribution in [2.75, 3.05) is 11.4 Å². The van der Waals surface area contributed by atoms with Crippen molar-refractivity contribution in [1.82, 2.24) is 19.5 Å². The summed E-state index contributed by atoms with van der Waals surface area (Å²) in [5.41, 5.74) is 2.72. The number of amides is 1. The van der Waals surface area contributed by atoms with E-state index < -0.39 is 10.0 Å². The first-order valence-electron chi connectivity index (χ1n) is 10.5. The number of benzene rings is 1. The Hall–Kier alpha value is -2.89. The van der Waals surface area contributed by atoms with Gasteiger partial charge in [0.1, 0.15) is 5.69 Å². The van der Waals surface area contributed by atoms with Gasteiger partial charge >= 0.3 is 0 Å². The van der Waals surface area contributed by atoms with Crippen LogP contribution in [0.3, 0.4) is 0 Å². The summed E-state index contributed by atoms with van der Waals surface area (Å²) in [6.45, 7) is 7.32.